The smallest absolute Gasteiger partial charge is 0.176 e. The molecule has 0 bridgehead atoms. The summed E-state index contributed by atoms with van der Waals surface area (Å²) in [7, 11) is 1.61. The Bertz CT molecular complexity index is 465. The lowest BCUT2D eigenvalue weighted by molar-refractivity contribution is 0.0908. The predicted octanol–water partition coefficient (Wildman–Crippen LogP) is 2.06. The number of hydrogen-bond donors (Lipinski definition) is 1. The van der Waals surface area contributed by atoms with Crippen LogP contribution in [0.2, 0.25) is 0 Å². The lowest BCUT2D eigenvalue weighted by Gasteiger charge is -2.29. The van der Waals surface area contributed by atoms with Crippen LogP contribution in [-0.4, -0.2) is 43.5 Å². The molecule has 1 heterocycles. The van der Waals surface area contributed by atoms with Gasteiger partial charge in [-0.05, 0) is 53.5 Å². The second-order valence-electron chi connectivity index (χ2n) is 4.91. The Balaban J connectivity index is 2.01. The average molecular weight is 327 g/mol. The molecule has 2 rings (SSSR count). The number of benzene rings is 1. The summed E-state index contributed by atoms with van der Waals surface area (Å²) in [5.74, 6) is 0.856. The first-order chi connectivity index (χ1) is 9.10. The zero-order valence-corrected chi connectivity index (χ0v) is 12.6. The number of ether oxygens (including phenoxy) is 1. The molecule has 4 nitrogen and oxygen atoms in total. The molecule has 1 aliphatic heterocycles. The number of likely N-dealkylation sites (tertiary alicyclic amines) is 1. The van der Waals surface area contributed by atoms with E-state index in [4.69, 9.17) is 10.5 Å². The third kappa shape index (κ3) is 3.78. The van der Waals surface area contributed by atoms with Crippen molar-refractivity contribution < 1.29 is 9.53 Å². The third-order valence-corrected chi connectivity index (χ3v) is 4.00. The molecule has 1 fully saturated rings. The zero-order valence-electron chi connectivity index (χ0n) is 11.1. The van der Waals surface area contributed by atoms with Gasteiger partial charge in [0.1, 0.15) is 5.75 Å². The van der Waals surface area contributed by atoms with E-state index in [1.807, 2.05) is 6.07 Å². The summed E-state index contributed by atoms with van der Waals surface area (Å²) < 4.78 is 5.96. The van der Waals surface area contributed by atoms with E-state index in [9.17, 15) is 4.79 Å². The third-order valence-electron chi connectivity index (χ3n) is 3.38. The summed E-state index contributed by atoms with van der Waals surface area (Å²) in [4.78, 5) is 14.4. The van der Waals surface area contributed by atoms with Crippen LogP contribution in [0.1, 0.15) is 23.2 Å². The molecule has 0 saturated carbocycles. The molecule has 1 saturated heterocycles. The van der Waals surface area contributed by atoms with Gasteiger partial charge in [-0.25, -0.2) is 0 Å². The fourth-order valence-electron chi connectivity index (χ4n) is 2.37. The first-order valence-electron chi connectivity index (χ1n) is 6.45. The van der Waals surface area contributed by atoms with E-state index in [0.717, 1.165) is 36.2 Å². The number of Topliss-reactive ketones (excluding diaryl/α,β-unsaturated/α-hetero) is 1. The topological polar surface area (TPSA) is 55.6 Å². The van der Waals surface area contributed by atoms with E-state index in [1.54, 1.807) is 19.2 Å². The van der Waals surface area contributed by atoms with Gasteiger partial charge in [-0.3, -0.25) is 9.69 Å². The van der Waals surface area contributed by atoms with Gasteiger partial charge in [0.25, 0.3) is 0 Å². The van der Waals surface area contributed by atoms with Crippen LogP contribution >= 0.6 is 15.9 Å². The largest absolute Gasteiger partial charge is 0.496 e. The second-order valence-corrected chi connectivity index (χ2v) is 5.76. The van der Waals surface area contributed by atoms with Gasteiger partial charge in [0.2, 0.25) is 0 Å². The molecule has 1 aliphatic rings. The van der Waals surface area contributed by atoms with Crippen LogP contribution in [0.3, 0.4) is 0 Å². The number of halogens is 1. The fraction of sp³-hybridized carbons (Fsp3) is 0.500. The first-order valence-corrected chi connectivity index (χ1v) is 7.24. The van der Waals surface area contributed by atoms with E-state index in [2.05, 4.69) is 20.8 Å². The Morgan fingerprint density at radius 3 is 3.00 bits per heavy atom. The average Bonchev–Trinajstić information content (AvgIpc) is 2.38. The molecule has 5 heteroatoms. The van der Waals surface area contributed by atoms with Crippen molar-refractivity contribution in [3.05, 3.63) is 28.2 Å². The monoisotopic (exact) mass is 326 g/mol. The summed E-state index contributed by atoms with van der Waals surface area (Å²) in [5, 5.41) is 0. The van der Waals surface area contributed by atoms with Gasteiger partial charge >= 0.3 is 0 Å². The second kappa shape index (κ2) is 6.50. The zero-order chi connectivity index (χ0) is 13.8. The van der Waals surface area contributed by atoms with Gasteiger partial charge in [0.05, 0.1) is 18.1 Å². The lowest BCUT2D eigenvalue weighted by atomic mass is 10.0. The molecule has 1 aromatic rings. The van der Waals surface area contributed by atoms with Crippen molar-refractivity contribution in [1.29, 1.82) is 0 Å². The van der Waals surface area contributed by atoms with Gasteiger partial charge in [-0.1, -0.05) is 0 Å². The maximum absolute atomic E-state index is 12.2. The molecule has 1 unspecified atom stereocenters. The molecular formula is C14H19BrN2O2. The maximum atomic E-state index is 12.2. The Morgan fingerprint density at radius 1 is 1.58 bits per heavy atom. The lowest BCUT2D eigenvalue weighted by Crippen LogP contribution is -2.44. The van der Waals surface area contributed by atoms with Crippen LogP contribution in [0.5, 0.6) is 5.75 Å². The van der Waals surface area contributed by atoms with Crippen LogP contribution in [0.4, 0.5) is 0 Å². The van der Waals surface area contributed by atoms with Crippen LogP contribution < -0.4 is 10.5 Å². The molecule has 1 aromatic carbocycles. The molecule has 0 aromatic heterocycles. The van der Waals surface area contributed by atoms with Gasteiger partial charge < -0.3 is 10.5 Å². The number of rotatable bonds is 4. The van der Waals surface area contributed by atoms with E-state index in [1.165, 1.54) is 0 Å². The van der Waals surface area contributed by atoms with Gasteiger partial charge in [-0.2, -0.15) is 0 Å². The van der Waals surface area contributed by atoms with Crippen LogP contribution in [0, 0.1) is 0 Å². The summed E-state index contributed by atoms with van der Waals surface area (Å²) >= 11 is 3.40. The Kier molecular flexibility index (Phi) is 4.96. The standard InChI is InChI=1S/C14H19BrN2O2/c1-19-14-5-4-10(7-12(14)15)13(18)9-17-6-2-3-11(16)8-17/h4-5,7,11H,2-3,6,8-9,16H2,1H3. The maximum Gasteiger partial charge on any atom is 0.176 e. The number of nitrogens with zero attached hydrogens (tertiary/aromatic N) is 1. The molecule has 0 spiro atoms. The van der Waals surface area contributed by atoms with Crippen molar-refractivity contribution in [1.82, 2.24) is 4.90 Å². The Labute approximate surface area is 122 Å². The Morgan fingerprint density at radius 2 is 2.37 bits per heavy atom. The van der Waals surface area contributed by atoms with Crippen molar-refractivity contribution in [2.75, 3.05) is 26.7 Å². The van der Waals surface area contributed by atoms with Crippen molar-refractivity contribution >= 4 is 21.7 Å². The Hall–Kier alpha value is -0.910. The molecule has 0 aliphatic carbocycles. The minimum atomic E-state index is 0.123. The number of carbonyl (C=O) groups is 1. The first kappa shape index (κ1) is 14.5. The number of hydrogen-bond acceptors (Lipinski definition) is 4. The number of methoxy groups -OCH3 is 1. The van der Waals surface area contributed by atoms with Crippen molar-refractivity contribution in [3.63, 3.8) is 0 Å². The van der Waals surface area contributed by atoms with Gasteiger partial charge in [-0.15, -0.1) is 0 Å². The summed E-state index contributed by atoms with van der Waals surface area (Å²) in [6.07, 6.45) is 2.12. The SMILES string of the molecule is COc1ccc(C(=O)CN2CCCC(N)C2)cc1Br. The number of piperidine rings is 1. The molecule has 0 radical (unpaired) electrons. The molecular weight excluding hydrogens is 308 g/mol. The quantitative estimate of drug-likeness (QED) is 0.860. The van der Waals surface area contributed by atoms with E-state index >= 15 is 0 Å². The van der Waals surface area contributed by atoms with Gasteiger partial charge in [0, 0.05) is 18.2 Å². The van der Waals surface area contributed by atoms with Crippen LogP contribution in [0.15, 0.2) is 22.7 Å². The highest BCUT2D eigenvalue weighted by Gasteiger charge is 2.19. The number of ketones is 1. The molecule has 2 N–H and O–H groups in total. The molecule has 104 valence electrons. The highest BCUT2D eigenvalue weighted by molar-refractivity contribution is 9.10. The van der Waals surface area contributed by atoms with E-state index in [0.29, 0.717) is 12.1 Å². The van der Waals surface area contributed by atoms with E-state index < -0.39 is 0 Å². The number of nitrogens with two attached hydrogens (primary N) is 1. The molecule has 1 atom stereocenters. The predicted molar refractivity (Wildman–Crippen MR) is 78.7 cm³/mol. The van der Waals surface area contributed by atoms with Crippen molar-refractivity contribution in [3.8, 4) is 5.75 Å². The molecule has 19 heavy (non-hydrogen) atoms. The number of carbonyl (C=O) groups excluding carboxylic acids is 1. The summed E-state index contributed by atoms with van der Waals surface area (Å²) in [6.45, 7) is 2.20. The fourth-order valence-corrected chi connectivity index (χ4v) is 2.91. The summed E-state index contributed by atoms with van der Waals surface area (Å²) in [5.41, 5.74) is 6.63. The van der Waals surface area contributed by atoms with Crippen molar-refractivity contribution in [2.45, 2.75) is 18.9 Å². The highest BCUT2D eigenvalue weighted by Crippen LogP contribution is 2.25. The highest BCUT2D eigenvalue weighted by atomic mass is 79.9. The van der Waals surface area contributed by atoms with Crippen LogP contribution in [-0.2, 0) is 0 Å². The van der Waals surface area contributed by atoms with Gasteiger partial charge in [0.15, 0.2) is 5.78 Å². The minimum Gasteiger partial charge on any atom is -0.496 e. The van der Waals surface area contributed by atoms with Crippen LogP contribution in [0.25, 0.3) is 0 Å². The van der Waals surface area contributed by atoms with E-state index in [-0.39, 0.29) is 11.8 Å². The minimum absolute atomic E-state index is 0.123. The van der Waals surface area contributed by atoms with Crippen molar-refractivity contribution in [2.24, 2.45) is 5.73 Å². The summed E-state index contributed by atoms with van der Waals surface area (Å²) in [6, 6.07) is 5.62. The molecule has 0 amide bonds. The normalized spacial score (nSPS) is 20.3.